The molecule has 142 valence electrons. The van der Waals surface area contributed by atoms with Crippen molar-refractivity contribution < 1.29 is 28.3 Å². The number of hydrogen-bond donors (Lipinski definition) is 0. The summed E-state index contributed by atoms with van der Waals surface area (Å²) in [6, 6.07) is 6.56. The first kappa shape index (κ1) is 19.3. The number of ether oxygens (including phenoxy) is 2. The SMILES string of the molecule is CCOC(=O)/C=C1\SCC(=O)N1CCOC(=O)c1cc2cc(Cl)ccc2o1. The molecule has 1 aliphatic rings. The number of furan rings is 1. The first-order valence-electron chi connectivity index (χ1n) is 8.15. The van der Waals surface area contributed by atoms with Gasteiger partial charge >= 0.3 is 11.9 Å². The van der Waals surface area contributed by atoms with Gasteiger partial charge in [-0.2, -0.15) is 0 Å². The minimum absolute atomic E-state index is 0.0386. The molecular weight excluding hydrogens is 394 g/mol. The van der Waals surface area contributed by atoms with Crippen LogP contribution >= 0.6 is 23.4 Å². The zero-order valence-corrected chi connectivity index (χ0v) is 16.0. The van der Waals surface area contributed by atoms with E-state index in [0.717, 1.165) is 0 Å². The highest BCUT2D eigenvalue weighted by Crippen LogP contribution is 2.28. The summed E-state index contributed by atoms with van der Waals surface area (Å²) in [4.78, 5) is 37.1. The zero-order chi connectivity index (χ0) is 19.4. The summed E-state index contributed by atoms with van der Waals surface area (Å²) in [7, 11) is 0. The van der Waals surface area contributed by atoms with Crippen LogP contribution in [0, 0.1) is 0 Å². The first-order valence-corrected chi connectivity index (χ1v) is 9.52. The van der Waals surface area contributed by atoms with E-state index in [9.17, 15) is 14.4 Å². The van der Waals surface area contributed by atoms with Crippen molar-refractivity contribution in [1.29, 1.82) is 0 Å². The van der Waals surface area contributed by atoms with Crippen LogP contribution in [0.1, 0.15) is 17.5 Å². The van der Waals surface area contributed by atoms with Gasteiger partial charge < -0.3 is 18.8 Å². The average molecular weight is 410 g/mol. The molecule has 1 aromatic carbocycles. The van der Waals surface area contributed by atoms with Crippen molar-refractivity contribution in [2.45, 2.75) is 6.92 Å². The van der Waals surface area contributed by atoms with Gasteiger partial charge in [0.15, 0.2) is 0 Å². The lowest BCUT2D eigenvalue weighted by molar-refractivity contribution is -0.137. The summed E-state index contributed by atoms with van der Waals surface area (Å²) in [5, 5.41) is 1.71. The molecule has 0 N–H and O–H groups in total. The van der Waals surface area contributed by atoms with E-state index in [0.29, 0.717) is 21.0 Å². The van der Waals surface area contributed by atoms with Crippen molar-refractivity contribution in [3.05, 3.63) is 46.2 Å². The molecular formula is C18H16ClNO6S. The van der Waals surface area contributed by atoms with Gasteiger partial charge in [0.2, 0.25) is 11.7 Å². The molecule has 0 atom stereocenters. The van der Waals surface area contributed by atoms with Crippen molar-refractivity contribution in [2.75, 3.05) is 25.5 Å². The molecule has 1 amide bonds. The topological polar surface area (TPSA) is 86.0 Å². The van der Waals surface area contributed by atoms with E-state index in [4.69, 9.17) is 25.5 Å². The molecule has 1 saturated heterocycles. The lowest BCUT2D eigenvalue weighted by atomic mass is 10.2. The summed E-state index contributed by atoms with van der Waals surface area (Å²) < 4.78 is 15.5. The number of carbonyl (C=O) groups is 3. The van der Waals surface area contributed by atoms with E-state index >= 15 is 0 Å². The molecule has 0 spiro atoms. The maximum atomic E-state index is 12.2. The largest absolute Gasteiger partial charge is 0.463 e. The number of thioether (sulfide) groups is 1. The highest BCUT2D eigenvalue weighted by Gasteiger charge is 2.27. The molecule has 0 unspecified atom stereocenters. The summed E-state index contributed by atoms with van der Waals surface area (Å²) in [5.41, 5.74) is 0.525. The number of rotatable bonds is 6. The van der Waals surface area contributed by atoms with Crippen molar-refractivity contribution in [2.24, 2.45) is 0 Å². The lowest BCUT2D eigenvalue weighted by Gasteiger charge is -2.16. The van der Waals surface area contributed by atoms with Crippen LogP contribution in [0.4, 0.5) is 0 Å². The second-order valence-corrected chi connectivity index (χ2v) is 6.93. The normalized spacial score (nSPS) is 15.6. The average Bonchev–Trinajstić information content (AvgIpc) is 3.19. The predicted octanol–water partition coefficient (Wildman–Crippen LogP) is 3.22. The number of amides is 1. The third-order valence-electron chi connectivity index (χ3n) is 3.67. The Bertz CT molecular complexity index is 922. The van der Waals surface area contributed by atoms with Gasteiger partial charge in [-0.3, -0.25) is 4.79 Å². The Hall–Kier alpha value is -2.45. The van der Waals surface area contributed by atoms with Crippen LogP contribution < -0.4 is 0 Å². The van der Waals surface area contributed by atoms with Gasteiger partial charge in [0.25, 0.3) is 0 Å². The standard InChI is InChI=1S/C18H16ClNO6S/c1-2-24-17(22)9-16-20(15(21)10-27-16)5-6-25-18(23)14-8-11-7-12(19)3-4-13(11)26-14/h3-4,7-9H,2,5-6,10H2,1H3/b16-9-. The van der Waals surface area contributed by atoms with E-state index in [1.54, 1.807) is 31.2 Å². The van der Waals surface area contributed by atoms with Crippen LogP contribution in [0.5, 0.6) is 0 Å². The molecule has 2 aromatic rings. The molecule has 1 aromatic heterocycles. The molecule has 0 aliphatic carbocycles. The fourth-order valence-electron chi connectivity index (χ4n) is 2.47. The molecule has 9 heteroatoms. The number of benzene rings is 1. The maximum Gasteiger partial charge on any atom is 0.374 e. The van der Waals surface area contributed by atoms with E-state index < -0.39 is 11.9 Å². The van der Waals surface area contributed by atoms with Gasteiger partial charge in [-0.25, -0.2) is 9.59 Å². The second kappa shape index (κ2) is 8.49. The van der Waals surface area contributed by atoms with Crippen molar-refractivity contribution in [3.63, 3.8) is 0 Å². The Kier molecular flexibility index (Phi) is 6.08. The molecule has 7 nitrogen and oxygen atoms in total. The van der Waals surface area contributed by atoms with Crippen LogP contribution in [-0.4, -0.2) is 48.3 Å². The molecule has 0 radical (unpaired) electrons. The first-order chi connectivity index (χ1) is 13.0. The number of nitrogens with zero attached hydrogens (tertiary/aromatic N) is 1. The van der Waals surface area contributed by atoms with Gasteiger partial charge in [0, 0.05) is 10.4 Å². The molecule has 1 fully saturated rings. The molecule has 27 heavy (non-hydrogen) atoms. The Labute approximate surface area is 164 Å². The van der Waals surface area contributed by atoms with E-state index in [2.05, 4.69) is 0 Å². The Morgan fingerprint density at radius 2 is 2.15 bits per heavy atom. The number of hydrogen-bond acceptors (Lipinski definition) is 7. The van der Waals surface area contributed by atoms with Gasteiger partial charge in [-0.15, -0.1) is 0 Å². The Morgan fingerprint density at radius 3 is 2.93 bits per heavy atom. The lowest BCUT2D eigenvalue weighted by Crippen LogP contribution is -2.29. The number of carbonyl (C=O) groups excluding carboxylic acids is 3. The quantitative estimate of drug-likeness (QED) is 0.534. The van der Waals surface area contributed by atoms with Gasteiger partial charge in [0.1, 0.15) is 12.2 Å². The maximum absolute atomic E-state index is 12.2. The van der Waals surface area contributed by atoms with Crippen molar-refractivity contribution in [3.8, 4) is 0 Å². The minimum Gasteiger partial charge on any atom is -0.463 e. The molecule has 2 heterocycles. The molecule has 1 aliphatic heterocycles. The van der Waals surface area contributed by atoms with Gasteiger partial charge in [-0.05, 0) is 31.2 Å². The summed E-state index contributed by atoms with van der Waals surface area (Å²) in [6.45, 7) is 2.05. The molecule has 0 bridgehead atoms. The second-order valence-electron chi connectivity index (χ2n) is 5.50. The minimum atomic E-state index is -0.641. The van der Waals surface area contributed by atoms with Crippen LogP contribution in [0.25, 0.3) is 11.0 Å². The third kappa shape index (κ3) is 4.64. The summed E-state index contributed by atoms with van der Waals surface area (Å²) in [6.07, 6.45) is 1.27. The van der Waals surface area contributed by atoms with E-state index in [1.807, 2.05) is 0 Å². The van der Waals surface area contributed by atoms with E-state index in [-0.39, 0.29) is 37.2 Å². The fourth-order valence-corrected chi connectivity index (χ4v) is 3.61. The number of fused-ring (bicyclic) bond motifs is 1. The number of halogens is 1. The molecule has 0 saturated carbocycles. The van der Waals surface area contributed by atoms with Crippen molar-refractivity contribution in [1.82, 2.24) is 4.90 Å². The Balaban J connectivity index is 1.59. The number of esters is 2. The fraction of sp³-hybridized carbons (Fsp3) is 0.278. The van der Waals surface area contributed by atoms with Crippen LogP contribution in [0.3, 0.4) is 0 Å². The monoisotopic (exact) mass is 409 g/mol. The van der Waals surface area contributed by atoms with Gasteiger partial charge in [0.05, 0.1) is 30.0 Å². The molecule has 3 rings (SSSR count). The van der Waals surface area contributed by atoms with Crippen LogP contribution in [0.2, 0.25) is 5.02 Å². The zero-order valence-electron chi connectivity index (χ0n) is 14.4. The Morgan fingerprint density at radius 1 is 1.33 bits per heavy atom. The van der Waals surface area contributed by atoms with Gasteiger partial charge in [-0.1, -0.05) is 23.4 Å². The predicted molar refractivity (Wildman–Crippen MR) is 100 cm³/mol. The third-order valence-corrected chi connectivity index (χ3v) is 4.93. The smallest absolute Gasteiger partial charge is 0.374 e. The summed E-state index contributed by atoms with van der Waals surface area (Å²) >= 11 is 7.15. The highest BCUT2D eigenvalue weighted by molar-refractivity contribution is 8.04. The summed E-state index contributed by atoms with van der Waals surface area (Å²) in [5.74, 6) is -1.04. The van der Waals surface area contributed by atoms with Crippen molar-refractivity contribution >= 4 is 52.2 Å². The highest BCUT2D eigenvalue weighted by atomic mass is 35.5. The van der Waals surface area contributed by atoms with E-state index in [1.165, 1.54) is 22.7 Å². The van der Waals surface area contributed by atoms with Crippen LogP contribution in [-0.2, 0) is 19.1 Å². The van der Waals surface area contributed by atoms with Crippen LogP contribution in [0.15, 0.2) is 39.8 Å².